The average Bonchev–Trinajstić information content (AvgIpc) is 3.30. The lowest BCUT2D eigenvalue weighted by atomic mass is 9.78. The molecule has 0 bridgehead atoms. The Morgan fingerprint density at radius 1 is 1.24 bits per heavy atom. The fourth-order valence-corrected chi connectivity index (χ4v) is 5.68. The van der Waals surface area contributed by atoms with E-state index in [2.05, 4.69) is 54.1 Å². The van der Waals surface area contributed by atoms with Gasteiger partial charge in [0.05, 0.1) is 24.8 Å². The van der Waals surface area contributed by atoms with Gasteiger partial charge in [-0.2, -0.15) is 5.26 Å². The van der Waals surface area contributed by atoms with Crippen molar-refractivity contribution < 1.29 is 4.74 Å². The van der Waals surface area contributed by atoms with Crippen molar-refractivity contribution in [1.29, 1.82) is 5.26 Å². The van der Waals surface area contributed by atoms with Gasteiger partial charge in [-0.3, -0.25) is 14.9 Å². The third-order valence-corrected chi connectivity index (χ3v) is 7.13. The summed E-state index contributed by atoms with van der Waals surface area (Å²) in [6.45, 7) is 12.5. The van der Waals surface area contributed by atoms with Gasteiger partial charge in [-0.05, 0) is 50.8 Å². The summed E-state index contributed by atoms with van der Waals surface area (Å²) in [6.07, 6.45) is 10.6. The van der Waals surface area contributed by atoms with Crippen molar-refractivity contribution in [3.63, 3.8) is 0 Å². The number of nitriles is 1. The first kappa shape index (κ1) is 24.1. The van der Waals surface area contributed by atoms with Crippen molar-refractivity contribution in [3.8, 4) is 17.3 Å². The monoisotopic (exact) mass is 461 g/mol. The summed E-state index contributed by atoms with van der Waals surface area (Å²) in [7, 11) is 2.23. The average molecular weight is 462 g/mol. The SMILES string of the molecule is C=COCC.CN1CC2(CCC(N3CCN(c4nc(C#N)ccc4-c4cnccn4)CC3)C2)C1. The minimum absolute atomic E-state index is 0.446. The molecule has 1 unspecified atom stereocenters. The lowest BCUT2D eigenvalue weighted by Gasteiger charge is -2.47. The molecule has 2 saturated heterocycles. The lowest BCUT2D eigenvalue weighted by molar-refractivity contribution is 0.0204. The summed E-state index contributed by atoms with van der Waals surface area (Å²) in [4.78, 5) is 20.7. The van der Waals surface area contributed by atoms with Gasteiger partial charge in [-0.15, -0.1) is 0 Å². The molecule has 1 atom stereocenters. The highest BCUT2D eigenvalue weighted by atomic mass is 16.5. The molecule has 1 spiro atoms. The van der Waals surface area contributed by atoms with E-state index in [1.807, 2.05) is 13.0 Å². The molecule has 2 aromatic heterocycles. The minimum Gasteiger partial charge on any atom is -0.502 e. The van der Waals surface area contributed by atoms with Crippen molar-refractivity contribution in [2.45, 2.75) is 32.2 Å². The first-order valence-electron chi connectivity index (χ1n) is 12.1. The number of hydrogen-bond acceptors (Lipinski definition) is 8. The van der Waals surface area contributed by atoms with Crippen LogP contribution in [-0.4, -0.2) is 83.7 Å². The molecule has 0 amide bonds. The van der Waals surface area contributed by atoms with Gasteiger partial charge in [0.1, 0.15) is 17.6 Å². The second-order valence-electron chi connectivity index (χ2n) is 9.48. The third-order valence-electron chi connectivity index (χ3n) is 7.13. The van der Waals surface area contributed by atoms with Crippen LogP contribution in [0.3, 0.4) is 0 Å². The predicted molar refractivity (Wildman–Crippen MR) is 133 cm³/mol. The molecule has 3 fully saturated rings. The molecule has 8 nitrogen and oxygen atoms in total. The van der Waals surface area contributed by atoms with Crippen LogP contribution in [0.2, 0.25) is 0 Å². The predicted octanol–water partition coefficient (Wildman–Crippen LogP) is 3.18. The molecule has 2 aromatic rings. The molecule has 8 heteroatoms. The van der Waals surface area contributed by atoms with Crippen molar-refractivity contribution in [1.82, 2.24) is 24.8 Å². The summed E-state index contributed by atoms with van der Waals surface area (Å²) in [5, 5.41) is 9.33. The Hall–Kier alpha value is -3.02. The van der Waals surface area contributed by atoms with E-state index in [0.717, 1.165) is 55.9 Å². The Morgan fingerprint density at radius 3 is 2.62 bits per heavy atom. The molecule has 34 heavy (non-hydrogen) atoms. The second kappa shape index (κ2) is 10.9. The molecule has 1 saturated carbocycles. The van der Waals surface area contributed by atoms with E-state index in [-0.39, 0.29) is 0 Å². The summed E-state index contributed by atoms with van der Waals surface area (Å²) in [5.74, 6) is 0.854. The zero-order chi connectivity index (χ0) is 24.0. The second-order valence-corrected chi connectivity index (χ2v) is 9.48. The lowest BCUT2D eigenvalue weighted by Crippen LogP contribution is -2.54. The van der Waals surface area contributed by atoms with Crippen molar-refractivity contribution in [3.05, 3.63) is 49.3 Å². The Morgan fingerprint density at radius 2 is 2.03 bits per heavy atom. The highest BCUT2D eigenvalue weighted by Gasteiger charge is 2.48. The molecule has 0 N–H and O–H groups in total. The number of pyridine rings is 1. The number of nitrogens with zero attached hydrogens (tertiary/aromatic N) is 7. The summed E-state index contributed by atoms with van der Waals surface area (Å²) in [5.41, 5.74) is 2.79. The van der Waals surface area contributed by atoms with E-state index < -0.39 is 0 Å². The summed E-state index contributed by atoms with van der Waals surface area (Å²) >= 11 is 0. The molecule has 0 radical (unpaired) electrons. The zero-order valence-electron chi connectivity index (χ0n) is 20.4. The Kier molecular flexibility index (Phi) is 7.76. The van der Waals surface area contributed by atoms with E-state index >= 15 is 0 Å². The minimum atomic E-state index is 0.446. The Labute approximate surface area is 202 Å². The van der Waals surface area contributed by atoms with Gasteiger partial charge in [-0.25, -0.2) is 4.98 Å². The highest BCUT2D eigenvalue weighted by Crippen LogP contribution is 2.46. The van der Waals surface area contributed by atoms with Crippen LogP contribution >= 0.6 is 0 Å². The molecule has 5 rings (SSSR count). The van der Waals surface area contributed by atoms with Gasteiger partial charge in [-0.1, -0.05) is 6.58 Å². The Bertz CT molecular complexity index is 992. The molecule has 1 aliphatic carbocycles. The Balaban J connectivity index is 0.000000499. The van der Waals surface area contributed by atoms with Crippen LogP contribution < -0.4 is 4.90 Å². The van der Waals surface area contributed by atoms with Crippen LogP contribution in [0.25, 0.3) is 11.3 Å². The highest BCUT2D eigenvalue weighted by molar-refractivity contribution is 5.73. The van der Waals surface area contributed by atoms with E-state index in [0.29, 0.717) is 11.1 Å². The van der Waals surface area contributed by atoms with Crippen LogP contribution in [0, 0.1) is 16.7 Å². The number of anilines is 1. The van der Waals surface area contributed by atoms with Gasteiger partial charge < -0.3 is 14.5 Å². The number of piperazine rings is 1. The van der Waals surface area contributed by atoms with Crippen molar-refractivity contribution in [2.75, 3.05) is 57.8 Å². The quantitative estimate of drug-likeness (QED) is 0.628. The standard InChI is InChI=1S/C22H27N7.C4H8O/c1-27-15-22(16-27)5-4-18(12-22)28-8-10-29(11-9-28)21-19(3-2-17(13-23)26-21)20-14-24-6-7-25-20;1-3-5-4-2/h2-3,6-7,14,18H,4-5,8-12,15-16H2,1H3;3H,1,4H2,2H3. The number of hydrogen-bond donors (Lipinski definition) is 0. The first-order valence-corrected chi connectivity index (χ1v) is 12.1. The maximum Gasteiger partial charge on any atom is 0.142 e. The molecule has 0 aromatic carbocycles. The fraction of sp³-hybridized carbons (Fsp3) is 0.538. The van der Waals surface area contributed by atoms with Crippen LogP contribution in [-0.2, 0) is 4.74 Å². The van der Waals surface area contributed by atoms with E-state index in [4.69, 9.17) is 0 Å². The number of rotatable bonds is 5. The maximum absolute atomic E-state index is 9.33. The summed E-state index contributed by atoms with van der Waals surface area (Å²) < 4.78 is 4.60. The topological polar surface area (TPSA) is 81.4 Å². The number of aromatic nitrogens is 3. The van der Waals surface area contributed by atoms with Gasteiger partial charge in [0.2, 0.25) is 0 Å². The number of likely N-dealkylation sites (tertiary alicyclic amines) is 1. The smallest absolute Gasteiger partial charge is 0.142 e. The van der Waals surface area contributed by atoms with Gasteiger partial charge >= 0.3 is 0 Å². The van der Waals surface area contributed by atoms with Crippen LogP contribution in [0.4, 0.5) is 5.82 Å². The number of ether oxygens (including phenoxy) is 1. The first-order chi connectivity index (χ1) is 16.6. The molecular formula is C26H35N7O. The van der Waals surface area contributed by atoms with E-state index in [1.165, 1.54) is 38.6 Å². The maximum atomic E-state index is 9.33. The third kappa shape index (κ3) is 5.37. The normalized spacial score (nSPS) is 21.8. The van der Waals surface area contributed by atoms with Gasteiger partial charge in [0.25, 0.3) is 0 Å². The van der Waals surface area contributed by atoms with E-state index in [9.17, 15) is 5.26 Å². The molecule has 2 aliphatic heterocycles. The van der Waals surface area contributed by atoms with Gasteiger partial charge in [0, 0.05) is 63.3 Å². The zero-order valence-corrected chi connectivity index (χ0v) is 20.4. The van der Waals surface area contributed by atoms with Crippen molar-refractivity contribution >= 4 is 5.82 Å². The molecule has 4 heterocycles. The van der Waals surface area contributed by atoms with Crippen LogP contribution in [0.5, 0.6) is 0 Å². The summed E-state index contributed by atoms with van der Waals surface area (Å²) in [6, 6.07) is 6.61. The fourth-order valence-electron chi connectivity index (χ4n) is 5.68. The van der Waals surface area contributed by atoms with Crippen LogP contribution in [0.1, 0.15) is 31.9 Å². The largest absolute Gasteiger partial charge is 0.502 e. The molecular weight excluding hydrogens is 426 g/mol. The van der Waals surface area contributed by atoms with Gasteiger partial charge in [0.15, 0.2) is 0 Å². The molecule has 180 valence electrons. The van der Waals surface area contributed by atoms with Crippen LogP contribution in [0.15, 0.2) is 43.6 Å². The van der Waals surface area contributed by atoms with Crippen molar-refractivity contribution in [2.24, 2.45) is 5.41 Å². The molecule has 3 aliphatic rings. The van der Waals surface area contributed by atoms with E-state index in [1.54, 1.807) is 24.7 Å².